The van der Waals surface area contributed by atoms with E-state index in [1.807, 2.05) is 24.3 Å². The number of rotatable bonds is 6. The van der Waals surface area contributed by atoms with Gasteiger partial charge < -0.3 is 10.1 Å². The number of para-hydroxylation sites is 1. The fourth-order valence-corrected chi connectivity index (χ4v) is 2.14. The van der Waals surface area contributed by atoms with Crippen LogP contribution in [-0.4, -0.2) is 18.0 Å². The summed E-state index contributed by atoms with van der Waals surface area (Å²) in [6.45, 7) is 5.85. The quantitative estimate of drug-likeness (QED) is 0.816. The normalized spacial score (nSPS) is 16.9. The second-order valence-electron chi connectivity index (χ2n) is 5.74. The molecule has 1 fully saturated rings. The van der Waals surface area contributed by atoms with Crippen molar-refractivity contribution in [3.8, 4) is 0 Å². The predicted octanol–water partition coefficient (Wildman–Crippen LogP) is 3.48. The molecule has 21 heavy (non-hydrogen) atoms. The van der Waals surface area contributed by atoms with Crippen molar-refractivity contribution in [2.75, 3.05) is 5.32 Å². The van der Waals surface area contributed by atoms with Gasteiger partial charge in [-0.1, -0.05) is 32.0 Å². The second kappa shape index (κ2) is 6.74. The van der Waals surface area contributed by atoms with Gasteiger partial charge in [-0.05, 0) is 43.7 Å². The van der Waals surface area contributed by atoms with Crippen molar-refractivity contribution in [2.24, 2.45) is 5.92 Å². The molecule has 0 spiro atoms. The monoisotopic (exact) mass is 289 g/mol. The SMILES string of the molecule is CC[C@@H](C)c1ccccc1NC(=O)[C@H](C)OC(=O)C1CC1. The lowest BCUT2D eigenvalue weighted by Gasteiger charge is -2.18. The summed E-state index contributed by atoms with van der Waals surface area (Å²) in [7, 11) is 0. The molecule has 0 radical (unpaired) electrons. The molecular weight excluding hydrogens is 266 g/mol. The number of esters is 1. The number of ether oxygens (including phenoxy) is 1. The van der Waals surface area contributed by atoms with E-state index < -0.39 is 6.10 Å². The van der Waals surface area contributed by atoms with Gasteiger partial charge in [0.05, 0.1) is 5.92 Å². The van der Waals surface area contributed by atoms with Crippen LogP contribution in [0.2, 0.25) is 0 Å². The van der Waals surface area contributed by atoms with Crippen molar-refractivity contribution in [3.63, 3.8) is 0 Å². The topological polar surface area (TPSA) is 55.4 Å². The van der Waals surface area contributed by atoms with E-state index >= 15 is 0 Å². The molecule has 1 amide bonds. The number of carbonyl (C=O) groups is 2. The van der Waals surface area contributed by atoms with Crippen molar-refractivity contribution < 1.29 is 14.3 Å². The number of amides is 1. The maximum absolute atomic E-state index is 12.2. The lowest BCUT2D eigenvalue weighted by atomic mass is 9.97. The Morgan fingerprint density at radius 3 is 2.57 bits per heavy atom. The van der Waals surface area contributed by atoms with E-state index in [0.29, 0.717) is 5.92 Å². The summed E-state index contributed by atoms with van der Waals surface area (Å²) in [4.78, 5) is 23.8. The molecule has 1 aromatic rings. The molecule has 4 nitrogen and oxygen atoms in total. The Balaban J connectivity index is 2.00. The number of nitrogens with one attached hydrogen (secondary N) is 1. The van der Waals surface area contributed by atoms with Crippen LogP contribution in [0.5, 0.6) is 0 Å². The molecule has 0 bridgehead atoms. The first-order valence-corrected chi connectivity index (χ1v) is 7.63. The molecule has 0 heterocycles. The van der Waals surface area contributed by atoms with E-state index in [9.17, 15) is 9.59 Å². The van der Waals surface area contributed by atoms with Gasteiger partial charge in [0.15, 0.2) is 6.10 Å². The maximum Gasteiger partial charge on any atom is 0.309 e. The minimum atomic E-state index is -0.761. The Bertz CT molecular complexity index is 523. The van der Waals surface area contributed by atoms with Gasteiger partial charge in [-0.2, -0.15) is 0 Å². The highest BCUT2D eigenvalue weighted by Gasteiger charge is 2.33. The smallest absolute Gasteiger partial charge is 0.309 e. The first-order chi connectivity index (χ1) is 10.0. The van der Waals surface area contributed by atoms with Gasteiger partial charge in [0.25, 0.3) is 5.91 Å². The van der Waals surface area contributed by atoms with Crippen LogP contribution in [0.1, 0.15) is 51.5 Å². The van der Waals surface area contributed by atoms with Crippen molar-refractivity contribution in [1.82, 2.24) is 0 Å². The summed E-state index contributed by atoms with van der Waals surface area (Å²) in [5.41, 5.74) is 1.90. The van der Waals surface area contributed by atoms with Crippen LogP contribution < -0.4 is 5.32 Å². The Labute approximate surface area is 125 Å². The molecule has 4 heteroatoms. The van der Waals surface area contributed by atoms with Gasteiger partial charge in [-0.15, -0.1) is 0 Å². The molecule has 0 unspecified atom stereocenters. The zero-order chi connectivity index (χ0) is 15.4. The van der Waals surface area contributed by atoms with E-state index in [-0.39, 0.29) is 17.8 Å². The van der Waals surface area contributed by atoms with Crippen LogP contribution in [0.4, 0.5) is 5.69 Å². The highest BCUT2D eigenvalue weighted by molar-refractivity contribution is 5.96. The van der Waals surface area contributed by atoms with E-state index in [0.717, 1.165) is 30.5 Å². The molecular formula is C17H23NO3. The summed E-state index contributed by atoms with van der Waals surface area (Å²) in [5.74, 6) is -0.161. The lowest BCUT2D eigenvalue weighted by molar-refractivity contribution is -0.154. The molecule has 114 valence electrons. The largest absolute Gasteiger partial charge is 0.452 e. The van der Waals surface area contributed by atoms with Crippen LogP contribution in [0.25, 0.3) is 0 Å². The van der Waals surface area contributed by atoms with Gasteiger partial charge in [-0.25, -0.2) is 0 Å². The summed E-state index contributed by atoms with van der Waals surface area (Å²) in [6.07, 6.45) is 2.00. The van der Waals surface area contributed by atoms with E-state index in [2.05, 4.69) is 19.2 Å². The van der Waals surface area contributed by atoms with E-state index in [1.165, 1.54) is 0 Å². The van der Waals surface area contributed by atoms with E-state index in [1.54, 1.807) is 6.92 Å². The van der Waals surface area contributed by atoms with Crippen LogP contribution in [-0.2, 0) is 14.3 Å². The third-order valence-electron chi connectivity index (χ3n) is 3.93. The van der Waals surface area contributed by atoms with E-state index in [4.69, 9.17) is 4.74 Å². The standard InChI is InChI=1S/C17H23NO3/c1-4-11(2)14-7-5-6-8-15(14)18-16(19)12(3)21-17(20)13-9-10-13/h5-8,11-13H,4,9-10H2,1-3H3,(H,18,19)/t11-,12+/m1/s1. The first-order valence-electron chi connectivity index (χ1n) is 7.63. The van der Waals surface area contributed by atoms with Gasteiger partial charge in [-0.3, -0.25) is 9.59 Å². The van der Waals surface area contributed by atoms with Crippen LogP contribution >= 0.6 is 0 Å². The van der Waals surface area contributed by atoms with Crippen molar-refractivity contribution >= 4 is 17.6 Å². The molecule has 1 aliphatic carbocycles. The molecule has 2 rings (SSSR count). The number of carbonyl (C=O) groups excluding carboxylic acids is 2. The maximum atomic E-state index is 12.2. The second-order valence-corrected chi connectivity index (χ2v) is 5.74. The van der Waals surface area contributed by atoms with Crippen molar-refractivity contribution in [1.29, 1.82) is 0 Å². The molecule has 1 saturated carbocycles. The van der Waals surface area contributed by atoms with Gasteiger partial charge in [0.2, 0.25) is 0 Å². The van der Waals surface area contributed by atoms with Gasteiger partial charge in [0, 0.05) is 5.69 Å². The number of anilines is 1. The predicted molar refractivity (Wildman–Crippen MR) is 82.1 cm³/mol. The summed E-state index contributed by atoms with van der Waals surface area (Å²) in [5, 5.41) is 2.87. The van der Waals surface area contributed by atoms with Crippen molar-refractivity contribution in [2.45, 2.75) is 52.1 Å². The minimum Gasteiger partial charge on any atom is -0.452 e. The van der Waals surface area contributed by atoms with Crippen molar-refractivity contribution in [3.05, 3.63) is 29.8 Å². The van der Waals surface area contributed by atoms with Crippen LogP contribution in [0.15, 0.2) is 24.3 Å². The Morgan fingerprint density at radius 2 is 1.95 bits per heavy atom. The van der Waals surface area contributed by atoms with Crippen LogP contribution in [0.3, 0.4) is 0 Å². The number of benzene rings is 1. The average molecular weight is 289 g/mol. The molecule has 1 aliphatic rings. The highest BCUT2D eigenvalue weighted by Crippen LogP contribution is 2.31. The molecule has 1 aromatic carbocycles. The fraction of sp³-hybridized carbons (Fsp3) is 0.529. The average Bonchev–Trinajstić information content (AvgIpc) is 3.31. The lowest BCUT2D eigenvalue weighted by Crippen LogP contribution is -2.30. The Morgan fingerprint density at radius 1 is 1.29 bits per heavy atom. The molecule has 1 N–H and O–H groups in total. The summed E-state index contributed by atoms with van der Waals surface area (Å²) >= 11 is 0. The third kappa shape index (κ3) is 4.06. The molecule has 2 atom stereocenters. The molecule has 0 aromatic heterocycles. The highest BCUT2D eigenvalue weighted by atomic mass is 16.5. The van der Waals surface area contributed by atoms with Crippen LogP contribution in [0, 0.1) is 5.92 Å². The summed E-state index contributed by atoms with van der Waals surface area (Å²) in [6, 6.07) is 7.76. The first kappa shape index (κ1) is 15.5. The summed E-state index contributed by atoms with van der Waals surface area (Å²) < 4.78 is 5.18. The Kier molecular flexibility index (Phi) is 4.99. The number of hydrogen-bond donors (Lipinski definition) is 1. The fourth-order valence-electron chi connectivity index (χ4n) is 2.14. The van der Waals surface area contributed by atoms with Gasteiger partial charge >= 0.3 is 5.97 Å². The molecule has 0 saturated heterocycles. The zero-order valence-corrected chi connectivity index (χ0v) is 12.9. The molecule has 0 aliphatic heterocycles. The third-order valence-corrected chi connectivity index (χ3v) is 3.93. The minimum absolute atomic E-state index is 0.00708. The number of hydrogen-bond acceptors (Lipinski definition) is 3. The Hall–Kier alpha value is -1.84. The van der Waals surface area contributed by atoms with Gasteiger partial charge in [0.1, 0.15) is 0 Å². The zero-order valence-electron chi connectivity index (χ0n) is 12.9.